The van der Waals surface area contributed by atoms with Crippen LogP contribution in [0.1, 0.15) is 47.1 Å². The van der Waals surface area contributed by atoms with Crippen LogP contribution in [0.15, 0.2) is 6.07 Å². The van der Waals surface area contributed by atoms with Gasteiger partial charge in [-0.05, 0) is 67.9 Å². The van der Waals surface area contributed by atoms with E-state index in [9.17, 15) is 0 Å². The lowest BCUT2D eigenvalue weighted by Crippen LogP contribution is -2.04. The molecule has 0 radical (unpaired) electrons. The lowest BCUT2D eigenvalue weighted by Gasteiger charge is -2.20. The van der Waals surface area contributed by atoms with Gasteiger partial charge in [0.2, 0.25) is 0 Å². The summed E-state index contributed by atoms with van der Waals surface area (Å²) >= 11 is 3.53. The van der Waals surface area contributed by atoms with Crippen LogP contribution in [0.2, 0.25) is 0 Å². The summed E-state index contributed by atoms with van der Waals surface area (Å²) in [5, 5.41) is 1.08. The normalized spacial score (nSPS) is 12.9. The molecule has 1 unspecified atom stereocenters. The van der Waals surface area contributed by atoms with Crippen molar-refractivity contribution in [3.05, 3.63) is 33.9 Å². The molecule has 1 rings (SSSR count). The highest BCUT2D eigenvalue weighted by Gasteiger charge is 2.13. The summed E-state index contributed by atoms with van der Waals surface area (Å²) in [6.07, 6.45) is 1.21. The molecule has 15 heavy (non-hydrogen) atoms. The molecule has 0 amide bonds. The van der Waals surface area contributed by atoms with E-state index in [0.717, 1.165) is 5.33 Å². The SMILES string of the molecule is Cc1cc(C)c(C)c(C(C)CCBr)c1C. The van der Waals surface area contributed by atoms with E-state index < -0.39 is 0 Å². The Morgan fingerprint density at radius 1 is 1.07 bits per heavy atom. The highest BCUT2D eigenvalue weighted by molar-refractivity contribution is 9.09. The monoisotopic (exact) mass is 268 g/mol. The number of halogens is 1. The van der Waals surface area contributed by atoms with Gasteiger partial charge in [-0.2, -0.15) is 0 Å². The van der Waals surface area contributed by atoms with Gasteiger partial charge in [-0.25, -0.2) is 0 Å². The van der Waals surface area contributed by atoms with Crippen molar-refractivity contribution in [3.8, 4) is 0 Å². The molecule has 1 atom stereocenters. The Hall–Kier alpha value is -0.300. The van der Waals surface area contributed by atoms with Gasteiger partial charge in [-0.1, -0.05) is 28.9 Å². The average Bonchev–Trinajstić information content (AvgIpc) is 2.16. The van der Waals surface area contributed by atoms with Crippen molar-refractivity contribution in [2.24, 2.45) is 0 Å². The van der Waals surface area contributed by atoms with E-state index in [1.54, 1.807) is 5.56 Å². The Balaban J connectivity index is 3.26. The van der Waals surface area contributed by atoms with E-state index >= 15 is 0 Å². The highest BCUT2D eigenvalue weighted by atomic mass is 79.9. The van der Waals surface area contributed by atoms with Crippen LogP contribution in [0.4, 0.5) is 0 Å². The summed E-state index contributed by atoms with van der Waals surface area (Å²) in [6, 6.07) is 2.30. The molecule has 0 bridgehead atoms. The second kappa shape index (κ2) is 5.16. The Morgan fingerprint density at radius 2 is 1.53 bits per heavy atom. The van der Waals surface area contributed by atoms with E-state index in [4.69, 9.17) is 0 Å². The first-order valence-corrected chi connectivity index (χ1v) is 6.74. The molecule has 0 aliphatic rings. The molecular weight excluding hydrogens is 248 g/mol. The smallest absolute Gasteiger partial charge is 0.00370 e. The fourth-order valence-corrected chi connectivity index (χ4v) is 2.98. The lowest BCUT2D eigenvalue weighted by atomic mass is 9.86. The van der Waals surface area contributed by atoms with Crippen LogP contribution >= 0.6 is 15.9 Å². The maximum Gasteiger partial charge on any atom is 0.00370 e. The highest BCUT2D eigenvalue weighted by Crippen LogP contribution is 2.30. The first-order valence-electron chi connectivity index (χ1n) is 5.62. The van der Waals surface area contributed by atoms with Crippen molar-refractivity contribution in [2.45, 2.75) is 47.0 Å². The number of benzene rings is 1. The number of hydrogen-bond acceptors (Lipinski definition) is 0. The van der Waals surface area contributed by atoms with Crippen LogP contribution in [0, 0.1) is 27.7 Å². The van der Waals surface area contributed by atoms with Crippen LogP contribution < -0.4 is 0 Å². The first kappa shape index (κ1) is 12.8. The Kier molecular flexibility index (Phi) is 4.39. The van der Waals surface area contributed by atoms with Crippen molar-refractivity contribution < 1.29 is 0 Å². The minimum atomic E-state index is 0.656. The Bertz CT molecular complexity index is 327. The molecule has 0 saturated heterocycles. The molecule has 0 spiro atoms. The second-order valence-corrected chi connectivity index (χ2v) is 5.35. The molecule has 0 aliphatic carbocycles. The molecular formula is C14H21Br. The third-order valence-electron chi connectivity index (χ3n) is 3.46. The van der Waals surface area contributed by atoms with Gasteiger partial charge in [0.05, 0.1) is 0 Å². The van der Waals surface area contributed by atoms with Crippen molar-refractivity contribution in [1.82, 2.24) is 0 Å². The van der Waals surface area contributed by atoms with Crippen molar-refractivity contribution in [3.63, 3.8) is 0 Å². The van der Waals surface area contributed by atoms with Gasteiger partial charge in [0.1, 0.15) is 0 Å². The van der Waals surface area contributed by atoms with Gasteiger partial charge >= 0.3 is 0 Å². The molecule has 1 aromatic carbocycles. The largest absolute Gasteiger partial charge is 0.0928 e. The molecule has 1 aromatic rings. The van der Waals surface area contributed by atoms with E-state index in [1.807, 2.05) is 0 Å². The zero-order valence-electron chi connectivity index (χ0n) is 10.4. The van der Waals surface area contributed by atoms with Crippen molar-refractivity contribution >= 4 is 15.9 Å². The minimum Gasteiger partial charge on any atom is -0.0928 e. The summed E-state index contributed by atoms with van der Waals surface area (Å²) in [6.45, 7) is 11.3. The van der Waals surface area contributed by atoms with E-state index in [0.29, 0.717) is 5.92 Å². The second-order valence-electron chi connectivity index (χ2n) is 4.55. The third-order valence-corrected chi connectivity index (χ3v) is 3.92. The fraction of sp³-hybridized carbons (Fsp3) is 0.571. The Morgan fingerprint density at radius 3 is 1.93 bits per heavy atom. The maximum absolute atomic E-state index is 3.53. The number of aryl methyl sites for hydroxylation is 2. The molecule has 0 saturated carbocycles. The fourth-order valence-electron chi connectivity index (χ4n) is 2.29. The summed E-state index contributed by atoms with van der Waals surface area (Å²) < 4.78 is 0. The zero-order valence-corrected chi connectivity index (χ0v) is 12.0. The number of alkyl halides is 1. The molecule has 0 heterocycles. The van der Waals surface area contributed by atoms with Gasteiger partial charge in [-0.3, -0.25) is 0 Å². The maximum atomic E-state index is 3.53. The van der Waals surface area contributed by atoms with Crippen molar-refractivity contribution in [1.29, 1.82) is 0 Å². The topological polar surface area (TPSA) is 0 Å². The molecule has 0 fully saturated rings. The van der Waals surface area contributed by atoms with Gasteiger partial charge in [0, 0.05) is 5.33 Å². The van der Waals surface area contributed by atoms with Crippen LogP contribution in [0.25, 0.3) is 0 Å². The van der Waals surface area contributed by atoms with Gasteiger partial charge in [0.25, 0.3) is 0 Å². The first-order chi connectivity index (χ1) is 6.99. The summed E-state index contributed by atoms with van der Waals surface area (Å²) in [5.41, 5.74) is 7.37. The summed E-state index contributed by atoms with van der Waals surface area (Å²) in [7, 11) is 0. The predicted octanol–water partition coefficient (Wildman–Crippen LogP) is 4.81. The predicted molar refractivity (Wildman–Crippen MR) is 72.2 cm³/mol. The summed E-state index contributed by atoms with van der Waals surface area (Å²) in [5.74, 6) is 0.656. The standard InChI is InChI=1S/C14H21Br/c1-9(6-7-15)14-12(4)10(2)8-11(3)13(14)5/h8-9H,6-7H2,1-5H3. The molecule has 0 N–H and O–H groups in total. The summed E-state index contributed by atoms with van der Waals surface area (Å²) in [4.78, 5) is 0. The van der Waals surface area contributed by atoms with Crippen molar-refractivity contribution in [2.75, 3.05) is 5.33 Å². The van der Waals surface area contributed by atoms with Crippen LogP contribution in [-0.4, -0.2) is 5.33 Å². The third kappa shape index (κ3) is 2.63. The molecule has 1 heteroatoms. The lowest BCUT2D eigenvalue weighted by molar-refractivity contribution is 0.730. The average molecular weight is 269 g/mol. The van der Waals surface area contributed by atoms with E-state index in [-0.39, 0.29) is 0 Å². The molecule has 0 aromatic heterocycles. The van der Waals surface area contributed by atoms with Gasteiger partial charge < -0.3 is 0 Å². The quantitative estimate of drug-likeness (QED) is 0.691. The van der Waals surface area contributed by atoms with Gasteiger partial charge in [-0.15, -0.1) is 0 Å². The Labute approximate surface area is 102 Å². The van der Waals surface area contributed by atoms with Crippen LogP contribution in [0.5, 0.6) is 0 Å². The molecule has 84 valence electrons. The zero-order chi connectivity index (χ0) is 11.6. The number of rotatable bonds is 3. The van der Waals surface area contributed by atoms with Crippen LogP contribution in [-0.2, 0) is 0 Å². The van der Waals surface area contributed by atoms with Crippen LogP contribution in [0.3, 0.4) is 0 Å². The molecule has 0 aliphatic heterocycles. The van der Waals surface area contributed by atoms with E-state index in [2.05, 4.69) is 56.6 Å². The minimum absolute atomic E-state index is 0.656. The van der Waals surface area contributed by atoms with Gasteiger partial charge in [0.15, 0.2) is 0 Å². The molecule has 0 nitrogen and oxygen atoms in total. The number of hydrogen-bond donors (Lipinski definition) is 0. The van der Waals surface area contributed by atoms with E-state index in [1.165, 1.54) is 28.7 Å².